The largest absolute Gasteiger partial charge is 0.487 e. The van der Waals surface area contributed by atoms with E-state index in [1.54, 1.807) is 12.1 Å². The van der Waals surface area contributed by atoms with Gasteiger partial charge in [0.1, 0.15) is 0 Å². The molecule has 1 heterocycles. The van der Waals surface area contributed by atoms with Crippen LogP contribution in [0.4, 0.5) is 8.78 Å². The van der Waals surface area contributed by atoms with Crippen LogP contribution in [0, 0.1) is 17.6 Å². The Hall–Kier alpha value is -3.07. The molecule has 0 aliphatic rings. The molecule has 1 aromatic heterocycles. The first-order valence-electron chi connectivity index (χ1n) is 10.1. The van der Waals surface area contributed by atoms with Gasteiger partial charge in [0, 0.05) is 17.9 Å². The van der Waals surface area contributed by atoms with E-state index in [0.29, 0.717) is 17.0 Å². The maximum Gasteiger partial charge on any atom is 0.314 e. The SMILES string of the molecule is CC(C)CCCOc1c(-c2ccc(S(C)(=O)=O)cc2)cnn(-c2ccc(F)c(F)c2)c1=O. The molecule has 0 atom stereocenters. The van der Waals surface area contributed by atoms with Crippen molar-refractivity contribution in [2.75, 3.05) is 12.9 Å². The molecule has 0 spiro atoms. The van der Waals surface area contributed by atoms with E-state index in [0.717, 1.165) is 35.9 Å². The van der Waals surface area contributed by atoms with Gasteiger partial charge in [0.05, 0.1) is 23.4 Å². The molecule has 0 aliphatic heterocycles. The number of hydrogen-bond donors (Lipinski definition) is 0. The summed E-state index contributed by atoms with van der Waals surface area (Å²) in [4.78, 5) is 13.3. The highest BCUT2D eigenvalue weighted by Crippen LogP contribution is 2.28. The van der Waals surface area contributed by atoms with Gasteiger partial charge >= 0.3 is 5.56 Å². The molecule has 0 saturated heterocycles. The Labute approximate surface area is 185 Å². The highest BCUT2D eigenvalue weighted by Gasteiger charge is 2.18. The monoisotopic (exact) mass is 462 g/mol. The molecule has 3 aromatic rings. The Kier molecular flexibility index (Phi) is 7.08. The van der Waals surface area contributed by atoms with E-state index in [9.17, 15) is 22.0 Å². The molecule has 0 bridgehead atoms. The van der Waals surface area contributed by atoms with E-state index < -0.39 is 27.0 Å². The first-order valence-corrected chi connectivity index (χ1v) is 12.0. The normalized spacial score (nSPS) is 11.7. The molecule has 170 valence electrons. The lowest BCUT2D eigenvalue weighted by Crippen LogP contribution is -2.24. The van der Waals surface area contributed by atoms with Crippen molar-refractivity contribution < 1.29 is 21.9 Å². The molecule has 0 unspecified atom stereocenters. The first kappa shape index (κ1) is 23.6. The Morgan fingerprint density at radius 2 is 1.75 bits per heavy atom. The second-order valence-corrected chi connectivity index (χ2v) is 9.90. The van der Waals surface area contributed by atoms with Crippen LogP contribution in [0.25, 0.3) is 16.8 Å². The fourth-order valence-electron chi connectivity index (χ4n) is 3.13. The predicted octanol–water partition coefficient (Wildman–Crippen LogP) is 4.40. The number of ether oxygens (including phenoxy) is 1. The van der Waals surface area contributed by atoms with E-state index >= 15 is 0 Å². The summed E-state index contributed by atoms with van der Waals surface area (Å²) < 4.78 is 57.3. The van der Waals surface area contributed by atoms with E-state index in [1.807, 2.05) is 0 Å². The average Bonchev–Trinajstić information content (AvgIpc) is 2.73. The highest BCUT2D eigenvalue weighted by atomic mass is 32.2. The van der Waals surface area contributed by atoms with Gasteiger partial charge in [0.25, 0.3) is 0 Å². The van der Waals surface area contributed by atoms with Crippen molar-refractivity contribution in [3.8, 4) is 22.6 Å². The maximum atomic E-state index is 13.7. The number of halogens is 2. The van der Waals surface area contributed by atoms with Gasteiger partial charge in [-0.25, -0.2) is 17.2 Å². The van der Waals surface area contributed by atoms with Gasteiger partial charge < -0.3 is 4.74 Å². The minimum Gasteiger partial charge on any atom is -0.487 e. The summed E-state index contributed by atoms with van der Waals surface area (Å²) in [5, 5.41) is 4.10. The summed E-state index contributed by atoms with van der Waals surface area (Å²) in [6.07, 6.45) is 4.11. The van der Waals surface area contributed by atoms with Crippen LogP contribution < -0.4 is 10.3 Å². The molecular formula is C23H24F2N2O4S. The second-order valence-electron chi connectivity index (χ2n) is 7.88. The third-order valence-corrected chi connectivity index (χ3v) is 5.98. The van der Waals surface area contributed by atoms with Gasteiger partial charge in [0.15, 0.2) is 27.2 Å². The smallest absolute Gasteiger partial charge is 0.314 e. The number of sulfone groups is 1. The van der Waals surface area contributed by atoms with E-state index in [1.165, 1.54) is 24.4 Å². The lowest BCUT2D eigenvalue weighted by atomic mass is 10.1. The molecule has 0 saturated carbocycles. The van der Waals surface area contributed by atoms with Gasteiger partial charge in [-0.05, 0) is 48.6 Å². The summed E-state index contributed by atoms with van der Waals surface area (Å²) in [6, 6.07) is 9.05. The van der Waals surface area contributed by atoms with Crippen molar-refractivity contribution in [1.29, 1.82) is 0 Å². The van der Waals surface area contributed by atoms with Gasteiger partial charge in [-0.3, -0.25) is 4.79 Å². The molecule has 6 nitrogen and oxygen atoms in total. The van der Waals surface area contributed by atoms with Gasteiger partial charge in [-0.15, -0.1) is 0 Å². The Bertz CT molecular complexity index is 1270. The topological polar surface area (TPSA) is 78.3 Å². The van der Waals surface area contributed by atoms with Crippen LogP contribution in [0.5, 0.6) is 5.75 Å². The van der Waals surface area contributed by atoms with Crippen LogP contribution in [0.3, 0.4) is 0 Å². The summed E-state index contributed by atoms with van der Waals surface area (Å²) in [5.74, 6) is -1.66. The first-order chi connectivity index (χ1) is 15.1. The summed E-state index contributed by atoms with van der Waals surface area (Å²) in [5.41, 5.74) is 0.335. The molecule has 0 aliphatic carbocycles. The van der Waals surface area contributed by atoms with E-state index in [2.05, 4.69) is 18.9 Å². The van der Waals surface area contributed by atoms with Crippen molar-refractivity contribution in [2.45, 2.75) is 31.6 Å². The third-order valence-electron chi connectivity index (χ3n) is 4.85. The standard InChI is InChI=1S/C23H24F2N2O4S/c1-15(2)5-4-12-31-22-19(16-6-9-18(10-7-16)32(3,29)30)14-26-27(23(22)28)17-8-11-20(24)21(25)13-17/h6-11,13-15H,4-5,12H2,1-3H3. The zero-order chi connectivity index (χ0) is 23.5. The number of aromatic nitrogens is 2. The molecular weight excluding hydrogens is 438 g/mol. The molecule has 3 rings (SSSR count). The summed E-state index contributed by atoms with van der Waals surface area (Å²) >= 11 is 0. The second kappa shape index (κ2) is 9.60. The summed E-state index contributed by atoms with van der Waals surface area (Å²) in [7, 11) is -3.38. The highest BCUT2D eigenvalue weighted by molar-refractivity contribution is 7.90. The quantitative estimate of drug-likeness (QED) is 0.464. The van der Waals surface area contributed by atoms with Gasteiger partial charge in [0.2, 0.25) is 0 Å². The fourth-order valence-corrected chi connectivity index (χ4v) is 3.76. The van der Waals surface area contributed by atoms with Crippen LogP contribution in [0.15, 0.2) is 58.4 Å². The zero-order valence-corrected chi connectivity index (χ0v) is 18.8. The maximum absolute atomic E-state index is 13.7. The summed E-state index contributed by atoms with van der Waals surface area (Å²) in [6.45, 7) is 4.44. The Morgan fingerprint density at radius 3 is 2.34 bits per heavy atom. The van der Waals surface area contributed by atoms with E-state index in [-0.39, 0.29) is 22.9 Å². The van der Waals surface area contributed by atoms with Crippen molar-refractivity contribution in [1.82, 2.24) is 9.78 Å². The minimum atomic E-state index is -3.38. The molecule has 9 heteroatoms. The van der Waals surface area contributed by atoms with Crippen LogP contribution in [-0.4, -0.2) is 31.1 Å². The van der Waals surface area contributed by atoms with Crippen molar-refractivity contribution in [2.24, 2.45) is 5.92 Å². The minimum absolute atomic E-state index is 0.000551. The lowest BCUT2D eigenvalue weighted by molar-refractivity contribution is 0.293. The molecule has 32 heavy (non-hydrogen) atoms. The lowest BCUT2D eigenvalue weighted by Gasteiger charge is -2.14. The Balaban J connectivity index is 2.06. The molecule has 0 fully saturated rings. The van der Waals surface area contributed by atoms with Crippen LogP contribution >= 0.6 is 0 Å². The number of rotatable bonds is 8. The third kappa shape index (κ3) is 5.40. The Morgan fingerprint density at radius 1 is 1.06 bits per heavy atom. The van der Waals surface area contributed by atoms with Crippen molar-refractivity contribution in [3.05, 3.63) is 70.6 Å². The van der Waals surface area contributed by atoms with Gasteiger partial charge in [-0.1, -0.05) is 26.0 Å². The molecule has 0 radical (unpaired) electrons. The predicted molar refractivity (Wildman–Crippen MR) is 118 cm³/mol. The average molecular weight is 463 g/mol. The molecule has 0 amide bonds. The fraction of sp³-hybridized carbons (Fsp3) is 0.304. The molecule has 2 aromatic carbocycles. The van der Waals surface area contributed by atoms with Gasteiger partial charge in [-0.2, -0.15) is 9.78 Å². The van der Waals surface area contributed by atoms with Crippen LogP contribution in [0.1, 0.15) is 26.7 Å². The van der Waals surface area contributed by atoms with Crippen molar-refractivity contribution >= 4 is 9.84 Å². The zero-order valence-electron chi connectivity index (χ0n) is 18.0. The molecule has 0 N–H and O–H groups in total. The van der Waals surface area contributed by atoms with Crippen molar-refractivity contribution in [3.63, 3.8) is 0 Å². The van der Waals surface area contributed by atoms with Crippen LogP contribution in [-0.2, 0) is 9.84 Å². The number of benzene rings is 2. The number of nitrogens with zero attached hydrogens (tertiary/aromatic N) is 2. The van der Waals surface area contributed by atoms with Crippen LogP contribution in [0.2, 0.25) is 0 Å². The number of hydrogen-bond acceptors (Lipinski definition) is 5. The van der Waals surface area contributed by atoms with E-state index in [4.69, 9.17) is 4.74 Å².